The van der Waals surface area contributed by atoms with Crippen LogP contribution in [0.4, 0.5) is 4.79 Å². The molecule has 5 atom stereocenters. The largest absolute Gasteiger partial charge is 0.464 e. The average molecular weight is 923 g/mol. The van der Waals surface area contributed by atoms with Crippen molar-refractivity contribution >= 4 is 52.0 Å². The number of cyclic esters (lactones) is 1. The van der Waals surface area contributed by atoms with Crippen LogP contribution in [0.3, 0.4) is 0 Å². The number of carbonyl (C=O) groups is 5. The zero-order chi connectivity index (χ0) is 47.2. The second-order valence-electron chi connectivity index (χ2n) is 19.9. The van der Waals surface area contributed by atoms with Gasteiger partial charge >= 0.3 is 12.0 Å². The van der Waals surface area contributed by atoms with Crippen molar-refractivity contribution in [2.45, 2.75) is 123 Å². The number of fused-ring (bicyclic) bond motifs is 6. The topological polar surface area (TPSA) is 184 Å². The Hall–Kier alpha value is -5.39. The molecule has 17 heteroatoms. The van der Waals surface area contributed by atoms with Crippen LogP contribution in [0.2, 0.25) is 0 Å². The molecule has 1 aromatic carbocycles. The Bertz CT molecular complexity index is 2490. The maximum Gasteiger partial charge on any atom is 0.324 e. The van der Waals surface area contributed by atoms with Crippen LogP contribution in [0.1, 0.15) is 89.9 Å². The Morgan fingerprint density at radius 3 is 2.56 bits per heavy atom. The first-order valence-corrected chi connectivity index (χ1v) is 24.5. The zero-order valence-corrected chi connectivity index (χ0v) is 40.7. The van der Waals surface area contributed by atoms with E-state index in [2.05, 4.69) is 79.5 Å². The molecule has 66 heavy (non-hydrogen) atoms. The Morgan fingerprint density at radius 2 is 1.85 bits per heavy atom. The number of likely N-dealkylation sites (tertiary alicyclic amines) is 1. The Labute approximate surface area is 391 Å². The summed E-state index contributed by atoms with van der Waals surface area (Å²) in [7, 11) is 3.39. The van der Waals surface area contributed by atoms with Crippen LogP contribution in [-0.2, 0) is 43.3 Å². The third-order valence-corrected chi connectivity index (χ3v) is 14.5. The van der Waals surface area contributed by atoms with Gasteiger partial charge in [0.1, 0.15) is 18.1 Å². The molecule has 3 N–H and O–H groups in total. The minimum Gasteiger partial charge on any atom is -0.464 e. The van der Waals surface area contributed by atoms with E-state index < -0.39 is 41.3 Å². The van der Waals surface area contributed by atoms with E-state index in [0.717, 1.165) is 51.2 Å². The molecule has 3 fully saturated rings. The van der Waals surface area contributed by atoms with Gasteiger partial charge in [-0.1, -0.05) is 47.6 Å². The number of hydrazine groups is 1. The van der Waals surface area contributed by atoms with Gasteiger partial charge < -0.3 is 34.6 Å². The summed E-state index contributed by atoms with van der Waals surface area (Å²) in [5.41, 5.74) is 9.81. The van der Waals surface area contributed by atoms with Crippen molar-refractivity contribution in [3.05, 3.63) is 58.2 Å². The molecule has 0 saturated carbocycles. The lowest BCUT2D eigenvalue weighted by Gasteiger charge is -2.37. The van der Waals surface area contributed by atoms with E-state index in [0.29, 0.717) is 56.9 Å². The second-order valence-corrected chi connectivity index (χ2v) is 20.9. The number of hydrogen-bond acceptors (Lipinski definition) is 11. The quantitative estimate of drug-likeness (QED) is 0.149. The van der Waals surface area contributed by atoms with Crippen molar-refractivity contribution < 1.29 is 28.7 Å². The number of rotatable bonds is 9. The number of nitrogens with one attached hydrogen (secondary N) is 3. The number of pyridine rings is 1. The number of aryl methyl sites for hydroxylation is 1. The Morgan fingerprint density at radius 1 is 1.08 bits per heavy atom. The van der Waals surface area contributed by atoms with Crippen LogP contribution in [-0.4, -0.2) is 141 Å². The highest BCUT2D eigenvalue weighted by atomic mass is 32.1. The molecule has 4 aliphatic rings. The molecule has 3 saturated heterocycles. The van der Waals surface area contributed by atoms with Crippen molar-refractivity contribution in [3.63, 3.8) is 0 Å². The number of nitrogens with zero attached hydrogens (tertiary/aromatic N) is 7. The summed E-state index contributed by atoms with van der Waals surface area (Å²) >= 11 is 1.42. The van der Waals surface area contributed by atoms with E-state index in [1.165, 1.54) is 21.2 Å². The number of urea groups is 1. The summed E-state index contributed by atoms with van der Waals surface area (Å²) < 4.78 is 8.48. The molecule has 4 aliphatic heterocycles. The van der Waals surface area contributed by atoms with E-state index in [1.54, 1.807) is 23.9 Å². The van der Waals surface area contributed by atoms with Gasteiger partial charge in [0.05, 0.1) is 40.8 Å². The van der Waals surface area contributed by atoms with E-state index >= 15 is 0 Å². The highest BCUT2D eigenvalue weighted by Crippen LogP contribution is 2.42. The van der Waals surface area contributed by atoms with E-state index in [9.17, 15) is 24.0 Å². The molecule has 16 nitrogen and oxygen atoms in total. The van der Waals surface area contributed by atoms with Crippen molar-refractivity contribution in [1.29, 1.82) is 0 Å². The number of ether oxygens (including phenoxy) is 1. The van der Waals surface area contributed by atoms with E-state index in [-0.39, 0.29) is 48.9 Å². The molecule has 0 unspecified atom stereocenters. The van der Waals surface area contributed by atoms with Crippen LogP contribution >= 0.6 is 11.3 Å². The lowest BCUT2D eigenvalue weighted by Crippen LogP contribution is -2.62. The standard InChI is InChI=1S/C49H66N10O6S/c1-10-58-39-16-15-30-21-33(39)34(43(58)32-13-11-18-50-41(32)28(2)3)23-49(6,7)27-65-47(63)35-14-12-19-59(54-35)46(62)36(22-40-52-38(30)26-66-40)53-44(60)42(29(4)5)56(9)48(64)57-20-17-31(25-57)55(8)45(61)37-24-51-37/h11,13,15-16,18,21,26,28-29,31,35-37,42,51,54H,10,12,14,17,19-20,22-25,27H2,1-9H3,(H,53,60)/t31-,35-,36-,37-,42-/m0/s1. The van der Waals surface area contributed by atoms with Gasteiger partial charge in [0.2, 0.25) is 11.8 Å². The molecule has 0 radical (unpaired) electrons. The Kier molecular flexibility index (Phi) is 13.6. The molecule has 0 aliphatic carbocycles. The molecule has 8 rings (SSSR count). The maximum atomic E-state index is 14.7. The van der Waals surface area contributed by atoms with Gasteiger partial charge in [-0.15, -0.1) is 11.3 Å². The molecule has 5 amide bonds. The van der Waals surface area contributed by atoms with Crippen LogP contribution < -0.4 is 16.1 Å². The molecule has 7 heterocycles. The van der Waals surface area contributed by atoms with Crippen LogP contribution in [0.25, 0.3) is 33.4 Å². The first-order chi connectivity index (χ1) is 31.5. The summed E-state index contributed by atoms with van der Waals surface area (Å²) in [5, 5.41) is 11.3. The van der Waals surface area contributed by atoms with Gasteiger partial charge in [0.25, 0.3) is 5.91 Å². The van der Waals surface area contributed by atoms with Crippen LogP contribution in [0, 0.1) is 11.3 Å². The van der Waals surface area contributed by atoms with Gasteiger partial charge in [-0.3, -0.25) is 29.2 Å². The number of esters is 1. The number of carbonyl (C=O) groups excluding carboxylic acids is 5. The third-order valence-electron chi connectivity index (χ3n) is 13.6. The minimum atomic E-state index is -1.07. The molecule has 354 valence electrons. The summed E-state index contributed by atoms with van der Waals surface area (Å²) in [6, 6.07) is 7.23. The first-order valence-electron chi connectivity index (χ1n) is 23.6. The molecule has 0 spiro atoms. The summed E-state index contributed by atoms with van der Waals surface area (Å²) in [4.78, 5) is 84.7. The zero-order valence-electron chi connectivity index (χ0n) is 39.8. The first kappa shape index (κ1) is 47.1. The van der Waals surface area contributed by atoms with E-state index in [4.69, 9.17) is 14.7 Å². The highest BCUT2D eigenvalue weighted by molar-refractivity contribution is 7.10. The van der Waals surface area contributed by atoms with Gasteiger partial charge in [-0.2, -0.15) is 0 Å². The molecular weight excluding hydrogens is 857 g/mol. The van der Waals surface area contributed by atoms with E-state index in [1.807, 2.05) is 31.5 Å². The summed E-state index contributed by atoms with van der Waals surface area (Å²) in [6.07, 6.45) is 4.23. The monoisotopic (exact) mass is 922 g/mol. The normalized spacial score (nSPS) is 22.6. The molecule has 3 aromatic heterocycles. The fourth-order valence-electron chi connectivity index (χ4n) is 10.0. The maximum absolute atomic E-state index is 14.7. The summed E-state index contributed by atoms with van der Waals surface area (Å²) in [6.45, 7) is 17.2. The summed E-state index contributed by atoms with van der Waals surface area (Å²) in [5.74, 6) is -1.42. The number of amides is 5. The van der Waals surface area contributed by atoms with Crippen molar-refractivity contribution in [1.82, 2.24) is 50.3 Å². The number of hydrogen-bond donors (Lipinski definition) is 3. The van der Waals surface area contributed by atoms with Crippen LogP contribution in [0.5, 0.6) is 0 Å². The fraction of sp³-hybridized carbons (Fsp3) is 0.571. The van der Waals surface area contributed by atoms with Gasteiger partial charge in [-0.25, -0.2) is 15.2 Å². The smallest absolute Gasteiger partial charge is 0.324 e. The highest BCUT2D eigenvalue weighted by Gasteiger charge is 2.42. The number of benzene rings is 1. The second kappa shape index (κ2) is 19.1. The lowest BCUT2D eigenvalue weighted by molar-refractivity contribution is -0.155. The average Bonchev–Trinajstić information content (AvgIpc) is 3.70. The molecule has 6 bridgehead atoms. The van der Waals surface area contributed by atoms with Gasteiger partial charge in [0.15, 0.2) is 0 Å². The number of thiazole rings is 1. The lowest BCUT2D eigenvalue weighted by atomic mass is 9.84. The van der Waals surface area contributed by atoms with Gasteiger partial charge in [-0.05, 0) is 74.3 Å². The predicted molar refractivity (Wildman–Crippen MR) is 254 cm³/mol. The number of likely N-dealkylation sites (N-methyl/N-ethyl adjacent to an activating group) is 2. The third kappa shape index (κ3) is 9.56. The van der Waals surface area contributed by atoms with Crippen molar-refractivity contribution in [3.8, 4) is 22.5 Å². The van der Waals surface area contributed by atoms with Crippen LogP contribution in [0.15, 0.2) is 41.9 Å². The van der Waals surface area contributed by atoms with Crippen molar-refractivity contribution in [2.75, 3.05) is 46.9 Å². The van der Waals surface area contributed by atoms with Crippen molar-refractivity contribution in [2.24, 2.45) is 11.3 Å². The van der Waals surface area contributed by atoms with Gasteiger partial charge in [0, 0.05) is 92.3 Å². The fourth-order valence-corrected chi connectivity index (χ4v) is 10.9. The SMILES string of the molecule is CCn1c(-c2cccnc2C(C)C)c2c3cc(ccc31)-c1csc(n1)C[C@H](NC(=O)[C@H](C(C)C)N(C)C(=O)N1CC[C@H](N(C)C(=O)[C@@H]3CN3)C1)C(=O)N1CCC[C@H](N1)C(=O)OCC(C)(C)C2. The molecular formula is C49H66N10O6S. The predicted octanol–water partition coefficient (Wildman–Crippen LogP) is 5.20. The number of aromatic nitrogens is 3. The minimum absolute atomic E-state index is 0.0205. The molecule has 4 aromatic rings. The Balaban J connectivity index is 1.12.